The first-order valence-corrected chi connectivity index (χ1v) is 7.31. The Morgan fingerprint density at radius 2 is 1.89 bits per heavy atom. The molecule has 0 aromatic rings. The van der Waals surface area contributed by atoms with Gasteiger partial charge in [0.2, 0.25) is 0 Å². The van der Waals surface area contributed by atoms with Crippen molar-refractivity contribution in [1.29, 1.82) is 0 Å². The fourth-order valence-electron chi connectivity index (χ4n) is 2.49. The lowest BCUT2D eigenvalue weighted by atomic mass is 9.76. The van der Waals surface area contributed by atoms with E-state index in [-0.39, 0.29) is 0 Å². The molecule has 0 bridgehead atoms. The Morgan fingerprint density at radius 3 is 2.33 bits per heavy atom. The third-order valence-electron chi connectivity index (χ3n) is 3.62. The summed E-state index contributed by atoms with van der Waals surface area (Å²) in [5, 5.41) is 0. The molecule has 18 heavy (non-hydrogen) atoms. The van der Waals surface area contributed by atoms with Crippen molar-refractivity contribution in [2.75, 3.05) is 26.2 Å². The van der Waals surface area contributed by atoms with Crippen LogP contribution in [0.4, 0.5) is 0 Å². The zero-order valence-corrected chi connectivity index (χ0v) is 12.8. The molecule has 1 unspecified atom stereocenters. The molecular weight excluding hydrogens is 220 g/mol. The Bertz CT molecular complexity index is 234. The van der Waals surface area contributed by atoms with Crippen LogP contribution in [0.15, 0.2) is 0 Å². The lowest BCUT2D eigenvalue weighted by molar-refractivity contribution is 0.197. The fraction of sp³-hybridized carbons (Fsp3) is 0.875. The zero-order valence-electron chi connectivity index (χ0n) is 12.8. The molecule has 0 radical (unpaired) electrons. The highest BCUT2D eigenvalue weighted by Gasteiger charge is 2.23. The van der Waals surface area contributed by atoms with Crippen molar-refractivity contribution in [3.63, 3.8) is 0 Å². The van der Waals surface area contributed by atoms with Crippen LogP contribution in [0, 0.1) is 23.7 Å². The summed E-state index contributed by atoms with van der Waals surface area (Å²) in [5.74, 6) is 3.47. The van der Waals surface area contributed by atoms with Gasteiger partial charge in [-0.1, -0.05) is 33.6 Å². The van der Waals surface area contributed by atoms with E-state index in [0.29, 0.717) is 5.41 Å². The fourth-order valence-corrected chi connectivity index (χ4v) is 2.49. The van der Waals surface area contributed by atoms with Gasteiger partial charge in [-0.2, -0.15) is 0 Å². The molecule has 0 aliphatic carbocycles. The molecule has 0 aromatic carbocycles. The summed E-state index contributed by atoms with van der Waals surface area (Å²) in [7, 11) is 0. The predicted octanol–water partition coefficient (Wildman–Crippen LogP) is 3.12. The largest absolute Gasteiger partial charge is 0.330 e. The maximum Gasteiger partial charge on any atom is 0.0598 e. The second kappa shape index (κ2) is 9.42. The van der Waals surface area contributed by atoms with Crippen LogP contribution in [0.25, 0.3) is 0 Å². The summed E-state index contributed by atoms with van der Waals surface area (Å²) in [6.45, 7) is 13.0. The molecule has 0 aliphatic heterocycles. The summed E-state index contributed by atoms with van der Waals surface area (Å²) in [6.07, 6.45) is 10.2. The third-order valence-corrected chi connectivity index (χ3v) is 3.62. The first kappa shape index (κ1) is 17.5. The summed E-state index contributed by atoms with van der Waals surface area (Å²) >= 11 is 0. The SMILES string of the molecule is C#CCN(CCC)CCCC(CCN)C(C)(C)C. The number of terminal acetylenes is 1. The molecule has 2 N–H and O–H groups in total. The predicted molar refractivity (Wildman–Crippen MR) is 81.4 cm³/mol. The normalized spacial score (nSPS) is 13.6. The number of hydrogen-bond acceptors (Lipinski definition) is 2. The quantitative estimate of drug-likeness (QED) is 0.639. The van der Waals surface area contributed by atoms with E-state index in [2.05, 4.69) is 38.5 Å². The lowest BCUT2D eigenvalue weighted by Gasteiger charge is -2.31. The number of hydrogen-bond donors (Lipinski definition) is 1. The second-order valence-corrected chi connectivity index (χ2v) is 6.26. The molecule has 106 valence electrons. The van der Waals surface area contributed by atoms with Gasteiger partial charge in [-0.05, 0) is 56.7 Å². The van der Waals surface area contributed by atoms with Crippen molar-refractivity contribution < 1.29 is 0 Å². The minimum Gasteiger partial charge on any atom is -0.330 e. The van der Waals surface area contributed by atoms with E-state index in [1.807, 2.05) is 0 Å². The Kier molecular flexibility index (Phi) is 9.14. The minimum absolute atomic E-state index is 0.362. The van der Waals surface area contributed by atoms with Gasteiger partial charge in [0, 0.05) is 0 Å². The van der Waals surface area contributed by atoms with E-state index < -0.39 is 0 Å². The monoisotopic (exact) mass is 252 g/mol. The number of nitrogens with two attached hydrogens (primary N) is 1. The third kappa shape index (κ3) is 7.74. The first-order valence-electron chi connectivity index (χ1n) is 7.31. The average molecular weight is 252 g/mol. The van der Waals surface area contributed by atoms with E-state index in [1.54, 1.807) is 0 Å². The van der Waals surface area contributed by atoms with Crippen LogP contribution in [-0.4, -0.2) is 31.1 Å². The molecule has 0 heterocycles. The van der Waals surface area contributed by atoms with Crippen molar-refractivity contribution in [2.45, 2.75) is 53.4 Å². The average Bonchev–Trinajstić information content (AvgIpc) is 2.27. The topological polar surface area (TPSA) is 29.3 Å². The van der Waals surface area contributed by atoms with Crippen LogP contribution in [0.3, 0.4) is 0 Å². The minimum atomic E-state index is 0.362. The van der Waals surface area contributed by atoms with E-state index in [0.717, 1.165) is 38.5 Å². The molecule has 0 amide bonds. The highest BCUT2D eigenvalue weighted by atomic mass is 15.1. The molecule has 0 spiro atoms. The van der Waals surface area contributed by atoms with Crippen LogP contribution < -0.4 is 5.73 Å². The van der Waals surface area contributed by atoms with E-state index in [9.17, 15) is 0 Å². The first-order chi connectivity index (χ1) is 8.45. The summed E-state index contributed by atoms with van der Waals surface area (Å²) in [4.78, 5) is 2.38. The molecule has 2 nitrogen and oxygen atoms in total. The van der Waals surface area contributed by atoms with Gasteiger partial charge in [-0.15, -0.1) is 6.42 Å². The van der Waals surface area contributed by atoms with Crippen molar-refractivity contribution in [3.05, 3.63) is 0 Å². The Hall–Kier alpha value is -0.520. The molecule has 0 fully saturated rings. The maximum atomic E-state index is 5.72. The molecule has 1 atom stereocenters. The molecule has 0 saturated carbocycles. The maximum absolute atomic E-state index is 5.72. The van der Waals surface area contributed by atoms with Crippen molar-refractivity contribution in [2.24, 2.45) is 17.1 Å². The lowest BCUT2D eigenvalue weighted by Crippen LogP contribution is -2.28. The smallest absolute Gasteiger partial charge is 0.0598 e. The van der Waals surface area contributed by atoms with Gasteiger partial charge >= 0.3 is 0 Å². The van der Waals surface area contributed by atoms with Gasteiger partial charge in [0.15, 0.2) is 0 Å². The van der Waals surface area contributed by atoms with Gasteiger partial charge < -0.3 is 5.73 Å². The van der Waals surface area contributed by atoms with Crippen LogP contribution in [0.1, 0.15) is 53.4 Å². The number of rotatable bonds is 9. The molecule has 0 saturated heterocycles. The standard InChI is InChI=1S/C16H32N2/c1-6-12-18(13-7-2)14-8-9-15(10-11-17)16(3,4)5/h1,15H,7-14,17H2,2-5H3. The van der Waals surface area contributed by atoms with Crippen LogP contribution in [0.2, 0.25) is 0 Å². The van der Waals surface area contributed by atoms with Gasteiger partial charge in [0.1, 0.15) is 0 Å². The highest BCUT2D eigenvalue weighted by molar-refractivity contribution is 4.88. The van der Waals surface area contributed by atoms with Crippen molar-refractivity contribution >= 4 is 0 Å². The summed E-state index contributed by atoms with van der Waals surface area (Å²) in [5.41, 5.74) is 6.08. The second-order valence-electron chi connectivity index (χ2n) is 6.26. The van der Waals surface area contributed by atoms with Gasteiger partial charge in [0.05, 0.1) is 6.54 Å². The Balaban J connectivity index is 4.07. The molecule has 0 aliphatic rings. The van der Waals surface area contributed by atoms with Crippen molar-refractivity contribution in [1.82, 2.24) is 4.90 Å². The van der Waals surface area contributed by atoms with E-state index >= 15 is 0 Å². The molecular formula is C16H32N2. The van der Waals surface area contributed by atoms with Gasteiger partial charge in [-0.3, -0.25) is 4.90 Å². The van der Waals surface area contributed by atoms with E-state index in [1.165, 1.54) is 19.3 Å². The Labute approximate surface area is 114 Å². The van der Waals surface area contributed by atoms with Crippen LogP contribution >= 0.6 is 0 Å². The number of nitrogens with zero attached hydrogens (tertiary/aromatic N) is 1. The summed E-state index contributed by atoms with van der Waals surface area (Å²) < 4.78 is 0. The van der Waals surface area contributed by atoms with Crippen LogP contribution in [-0.2, 0) is 0 Å². The summed E-state index contributed by atoms with van der Waals surface area (Å²) in [6, 6.07) is 0. The molecule has 0 rings (SSSR count). The van der Waals surface area contributed by atoms with Crippen molar-refractivity contribution in [3.8, 4) is 12.3 Å². The Morgan fingerprint density at radius 1 is 1.22 bits per heavy atom. The van der Waals surface area contributed by atoms with E-state index in [4.69, 9.17) is 12.2 Å². The highest BCUT2D eigenvalue weighted by Crippen LogP contribution is 2.32. The molecule has 0 aromatic heterocycles. The zero-order chi connectivity index (χ0) is 14.0. The molecule has 2 heteroatoms. The van der Waals surface area contributed by atoms with Gasteiger partial charge in [0.25, 0.3) is 0 Å². The van der Waals surface area contributed by atoms with Crippen LogP contribution in [0.5, 0.6) is 0 Å². The van der Waals surface area contributed by atoms with Gasteiger partial charge in [-0.25, -0.2) is 0 Å².